The number of carbonyl (C=O) groups excluding carboxylic acids is 1. The number of pyridine rings is 1. The minimum Gasteiger partial charge on any atom is -0.394 e. The SMILES string of the molecule is [B]C(O)(O)C([B])([B])Sc1ccc(C(CO)NC(=O)c2ccc3c(c2)cc(Cc2cccnc2C(F)(F)F)n3C2CC2)cc1. The van der Waals surface area contributed by atoms with Crippen LogP contribution in [-0.4, -0.2) is 71.2 Å². The predicted octanol–water partition coefficient (Wildman–Crippen LogP) is 3.33. The van der Waals surface area contributed by atoms with Gasteiger partial charge in [-0.25, -0.2) is 0 Å². The van der Waals surface area contributed by atoms with Crippen molar-refractivity contribution in [3.8, 4) is 0 Å². The van der Waals surface area contributed by atoms with Gasteiger partial charge in [0.25, 0.3) is 5.91 Å². The lowest BCUT2D eigenvalue weighted by atomic mass is 9.58. The second kappa shape index (κ2) is 11.7. The van der Waals surface area contributed by atoms with E-state index in [0.717, 1.165) is 36.3 Å². The number of hydrogen-bond donors (Lipinski definition) is 4. The first-order valence-corrected chi connectivity index (χ1v) is 14.2. The molecule has 0 bridgehead atoms. The predicted molar refractivity (Wildman–Crippen MR) is 159 cm³/mol. The van der Waals surface area contributed by atoms with Crippen LogP contribution >= 0.6 is 11.8 Å². The van der Waals surface area contributed by atoms with Gasteiger partial charge in [-0.3, -0.25) is 9.78 Å². The number of rotatable bonds is 10. The molecule has 6 radical (unpaired) electrons. The van der Waals surface area contributed by atoms with Gasteiger partial charge in [-0.15, -0.1) is 11.8 Å². The number of nitrogens with zero attached hydrogens (tertiary/aromatic N) is 2. The Morgan fingerprint density at radius 2 is 1.77 bits per heavy atom. The maximum absolute atomic E-state index is 13.6. The van der Waals surface area contributed by atoms with Gasteiger partial charge >= 0.3 is 6.18 Å². The number of amides is 1. The Bertz CT molecular complexity index is 1640. The molecule has 1 fully saturated rings. The van der Waals surface area contributed by atoms with Gasteiger partial charge in [0.15, 0.2) is 7.85 Å². The Morgan fingerprint density at radius 1 is 1.07 bits per heavy atom. The molecule has 0 aliphatic heterocycles. The van der Waals surface area contributed by atoms with Crippen molar-refractivity contribution >= 4 is 52.1 Å². The molecular weight excluding hydrogens is 576 g/mol. The summed E-state index contributed by atoms with van der Waals surface area (Å²) in [5.41, 5.74) is -1.28. The second-order valence-corrected chi connectivity index (χ2v) is 11.9. The minimum absolute atomic E-state index is 0.0363. The number of halogens is 3. The molecule has 5 rings (SSSR count). The largest absolute Gasteiger partial charge is 0.433 e. The molecule has 7 nitrogen and oxygen atoms in total. The van der Waals surface area contributed by atoms with Crippen molar-refractivity contribution in [2.75, 3.05) is 6.61 Å². The molecule has 1 unspecified atom stereocenters. The minimum atomic E-state index is -4.57. The van der Waals surface area contributed by atoms with Crippen LogP contribution in [0.25, 0.3) is 10.9 Å². The molecule has 0 spiro atoms. The molecule has 2 aromatic heterocycles. The molecular formula is C29H25B3F3N3O4S. The van der Waals surface area contributed by atoms with Crippen LogP contribution in [-0.2, 0) is 12.6 Å². The van der Waals surface area contributed by atoms with Crippen LogP contribution in [0, 0.1) is 0 Å². The van der Waals surface area contributed by atoms with E-state index >= 15 is 0 Å². The number of hydrogen-bond acceptors (Lipinski definition) is 6. The van der Waals surface area contributed by atoms with Crippen LogP contribution < -0.4 is 5.32 Å². The fraction of sp³-hybridized carbons (Fsp3) is 0.310. The molecule has 1 atom stereocenters. The van der Waals surface area contributed by atoms with E-state index in [4.69, 9.17) is 23.5 Å². The number of aliphatic hydroxyl groups excluding tert-OH is 1. The first-order chi connectivity index (χ1) is 20.2. The first-order valence-electron chi connectivity index (χ1n) is 13.3. The molecule has 1 amide bonds. The van der Waals surface area contributed by atoms with Crippen molar-refractivity contribution < 1.29 is 33.3 Å². The highest BCUT2D eigenvalue weighted by Gasteiger charge is 2.37. The molecule has 0 saturated heterocycles. The molecule has 43 heavy (non-hydrogen) atoms. The number of benzene rings is 2. The van der Waals surface area contributed by atoms with Gasteiger partial charge in [-0.2, -0.15) is 13.2 Å². The average Bonchev–Trinajstić information content (AvgIpc) is 3.71. The van der Waals surface area contributed by atoms with Crippen molar-refractivity contribution in [1.29, 1.82) is 0 Å². The van der Waals surface area contributed by atoms with Gasteiger partial charge in [0.2, 0.25) is 0 Å². The van der Waals surface area contributed by atoms with Crippen LogP contribution in [0.5, 0.6) is 0 Å². The average molecular weight is 601 g/mol. The number of thioether (sulfide) groups is 1. The summed E-state index contributed by atoms with van der Waals surface area (Å²) < 4.78 is 40.7. The Labute approximate surface area is 254 Å². The second-order valence-electron chi connectivity index (χ2n) is 10.6. The molecule has 1 saturated carbocycles. The molecule has 4 N–H and O–H groups in total. The van der Waals surface area contributed by atoms with Crippen LogP contribution in [0.4, 0.5) is 13.2 Å². The van der Waals surface area contributed by atoms with Crippen molar-refractivity contribution in [2.45, 2.75) is 52.7 Å². The highest BCUT2D eigenvalue weighted by molar-refractivity contribution is 8.03. The highest BCUT2D eigenvalue weighted by atomic mass is 32.2. The van der Waals surface area contributed by atoms with E-state index in [-0.39, 0.29) is 18.0 Å². The van der Waals surface area contributed by atoms with Crippen LogP contribution in [0.15, 0.2) is 71.8 Å². The molecule has 4 aromatic rings. The van der Waals surface area contributed by atoms with E-state index < -0.39 is 40.7 Å². The van der Waals surface area contributed by atoms with Crippen molar-refractivity contribution in [3.05, 3.63) is 94.9 Å². The lowest BCUT2D eigenvalue weighted by molar-refractivity contribution is -0.141. The molecule has 2 aromatic carbocycles. The maximum Gasteiger partial charge on any atom is 0.433 e. The van der Waals surface area contributed by atoms with Gasteiger partial charge in [-0.05, 0) is 71.0 Å². The van der Waals surface area contributed by atoms with Crippen LogP contribution in [0.1, 0.15) is 57.8 Å². The Morgan fingerprint density at radius 3 is 2.37 bits per heavy atom. The monoisotopic (exact) mass is 601 g/mol. The Hall–Kier alpha value is -3.19. The summed E-state index contributed by atoms with van der Waals surface area (Å²) in [7, 11) is 16.6. The molecule has 2 heterocycles. The third-order valence-electron chi connectivity index (χ3n) is 7.26. The molecule has 1 aliphatic carbocycles. The quantitative estimate of drug-likeness (QED) is 0.126. The zero-order valence-corrected chi connectivity index (χ0v) is 23.6. The van der Waals surface area contributed by atoms with E-state index in [1.54, 1.807) is 48.5 Å². The van der Waals surface area contributed by atoms with Crippen molar-refractivity contribution in [1.82, 2.24) is 14.9 Å². The third-order valence-corrected chi connectivity index (χ3v) is 8.40. The smallest absolute Gasteiger partial charge is 0.394 e. The summed E-state index contributed by atoms with van der Waals surface area (Å²) >= 11 is 0.724. The third kappa shape index (κ3) is 6.82. The standard InChI is InChI=1S/C29H25B3F3N3O4S/c30-28(31,29(32,41)42)43-22-8-3-16(4-9-22)23(15-39)37-26(40)18-5-10-24-19(12-18)14-21(38(24)20-6-7-20)13-17-2-1-11-36-25(17)27(33,34)35/h1-5,8-12,14,20,23,39,41-42H,6-7,13,15H2,(H,37,40). The number of alkyl halides is 3. The molecule has 1 aliphatic rings. The van der Waals surface area contributed by atoms with E-state index in [0.29, 0.717) is 27.1 Å². The van der Waals surface area contributed by atoms with Gasteiger partial charge < -0.3 is 25.2 Å². The fourth-order valence-electron chi connectivity index (χ4n) is 4.88. The number of aliphatic hydroxyl groups is 3. The number of nitrogens with one attached hydrogen (secondary N) is 1. The summed E-state index contributed by atoms with van der Waals surface area (Å²) in [5, 5.41) is 32.6. The van der Waals surface area contributed by atoms with E-state index in [1.165, 1.54) is 12.1 Å². The topological polar surface area (TPSA) is 108 Å². The Balaban J connectivity index is 1.36. The van der Waals surface area contributed by atoms with Gasteiger partial charge in [0.05, 0.1) is 28.3 Å². The first kappa shape index (κ1) is 31.2. The lowest BCUT2D eigenvalue weighted by Crippen LogP contribution is -2.53. The molecule has 216 valence electrons. The summed E-state index contributed by atoms with van der Waals surface area (Å²) in [4.78, 5) is 17.2. The number of fused-ring (bicyclic) bond motifs is 1. The Kier molecular flexibility index (Phi) is 8.52. The van der Waals surface area contributed by atoms with E-state index in [2.05, 4.69) is 10.3 Å². The molecule has 14 heteroatoms. The maximum atomic E-state index is 13.6. The lowest BCUT2D eigenvalue weighted by Gasteiger charge is -2.37. The van der Waals surface area contributed by atoms with Crippen LogP contribution in [0.3, 0.4) is 0 Å². The van der Waals surface area contributed by atoms with Gasteiger partial charge in [-0.1, -0.05) is 18.2 Å². The zero-order chi connectivity index (χ0) is 31.2. The van der Waals surface area contributed by atoms with E-state index in [9.17, 15) is 33.3 Å². The highest BCUT2D eigenvalue weighted by Crippen LogP contribution is 2.41. The summed E-state index contributed by atoms with van der Waals surface area (Å²) in [6.45, 7) is -0.410. The summed E-state index contributed by atoms with van der Waals surface area (Å²) in [5.74, 6) is -0.455. The van der Waals surface area contributed by atoms with Gasteiger partial charge in [0, 0.05) is 45.7 Å². The van der Waals surface area contributed by atoms with Gasteiger partial charge in [0.1, 0.15) is 11.4 Å². The number of carbonyl (C=O) groups is 1. The van der Waals surface area contributed by atoms with E-state index in [1.807, 2.05) is 4.57 Å². The van der Waals surface area contributed by atoms with Crippen molar-refractivity contribution in [3.63, 3.8) is 0 Å². The number of aromatic nitrogens is 2. The summed E-state index contributed by atoms with van der Waals surface area (Å²) in [6.07, 6.45) is -1.58. The fourth-order valence-corrected chi connectivity index (χ4v) is 5.69. The summed E-state index contributed by atoms with van der Waals surface area (Å²) in [6, 6.07) is 15.6. The zero-order valence-electron chi connectivity index (χ0n) is 22.8. The van der Waals surface area contributed by atoms with Crippen molar-refractivity contribution in [2.24, 2.45) is 0 Å². The normalized spacial score (nSPS) is 15.0. The van der Waals surface area contributed by atoms with Crippen LogP contribution in [0.2, 0.25) is 0 Å².